The van der Waals surface area contributed by atoms with E-state index in [2.05, 4.69) is 58.8 Å². The lowest BCUT2D eigenvalue weighted by molar-refractivity contribution is 0.565. The second kappa shape index (κ2) is 9.17. The lowest BCUT2D eigenvalue weighted by Gasteiger charge is -2.35. The van der Waals surface area contributed by atoms with E-state index in [1.54, 1.807) is 12.1 Å². The summed E-state index contributed by atoms with van der Waals surface area (Å²) in [7, 11) is 0.155. The summed E-state index contributed by atoms with van der Waals surface area (Å²) in [5, 5.41) is 8.17. The Labute approximate surface area is 224 Å². The molecule has 6 nitrogen and oxygen atoms in total. The molecule has 0 spiro atoms. The molecule has 1 heterocycles. The molecular formula is C31H32N4O2S. The summed E-state index contributed by atoms with van der Waals surface area (Å²) < 4.78 is 29.3. The van der Waals surface area contributed by atoms with Crippen molar-refractivity contribution in [1.29, 1.82) is 0 Å². The van der Waals surface area contributed by atoms with Crippen molar-refractivity contribution in [1.82, 2.24) is 9.19 Å². The normalized spacial score (nSPS) is 18.7. The second-order valence-electron chi connectivity index (χ2n) is 10.6. The van der Waals surface area contributed by atoms with Gasteiger partial charge in [0.05, 0.1) is 10.6 Å². The molecule has 2 aliphatic rings. The number of hydrogen-bond acceptors (Lipinski definition) is 5. The van der Waals surface area contributed by atoms with Crippen molar-refractivity contribution in [2.24, 2.45) is 0 Å². The predicted molar refractivity (Wildman–Crippen MR) is 153 cm³/mol. The van der Waals surface area contributed by atoms with Crippen LogP contribution in [0.4, 0.5) is 11.5 Å². The highest BCUT2D eigenvalue weighted by Crippen LogP contribution is 2.45. The minimum atomic E-state index is -3.90. The van der Waals surface area contributed by atoms with Gasteiger partial charge in [0, 0.05) is 43.2 Å². The first-order valence-electron chi connectivity index (χ1n) is 13.0. The summed E-state index contributed by atoms with van der Waals surface area (Å²) in [5.74, 6) is 0.637. The monoisotopic (exact) mass is 524 g/mol. The van der Waals surface area contributed by atoms with Crippen molar-refractivity contribution in [3.05, 3.63) is 113 Å². The van der Waals surface area contributed by atoms with Gasteiger partial charge in [-0.3, -0.25) is 0 Å². The summed E-state index contributed by atoms with van der Waals surface area (Å²) >= 11 is 0. The Morgan fingerprint density at radius 1 is 0.947 bits per heavy atom. The molecule has 0 amide bonds. The molecule has 0 radical (unpaired) electrons. The average Bonchev–Trinajstić information content (AvgIpc) is 3.68. The number of nitrogens with one attached hydrogen (secondary N) is 1. The fraction of sp³-hybridized carbons (Fsp3) is 0.258. The van der Waals surface area contributed by atoms with E-state index in [1.165, 1.54) is 4.09 Å². The number of allylic oxidation sites excluding steroid dienone is 1. The van der Waals surface area contributed by atoms with Gasteiger partial charge in [-0.2, -0.15) is 12.5 Å². The van der Waals surface area contributed by atoms with Gasteiger partial charge < -0.3 is 10.2 Å². The van der Waals surface area contributed by atoms with Crippen molar-refractivity contribution < 1.29 is 8.42 Å². The summed E-state index contributed by atoms with van der Waals surface area (Å²) in [5.41, 5.74) is 5.29. The van der Waals surface area contributed by atoms with Crippen LogP contribution in [-0.2, 0) is 21.9 Å². The Kier molecular flexibility index (Phi) is 5.91. The van der Waals surface area contributed by atoms with Crippen LogP contribution < -0.4 is 10.2 Å². The molecule has 1 fully saturated rings. The molecule has 38 heavy (non-hydrogen) atoms. The molecule has 4 aromatic rings. The SMILES string of the molecule is Cc1ccc(S(=O)(=O)n2nc(NC3CC3)c3c2CC(c2ccccc2)(c2cccc(N(C)C)c2)C=C3)cc1. The lowest BCUT2D eigenvalue weighted by Crippen LogP contribution is -2.33. The summed E-state index contributed by atoms with van der Waals surface area (Å²) in [4.78, 5) is 2.32. The first-order valence-corrected chi connectivity index (χ1v) is 14.5. The molecule has 0 saturated heterocycles. The van der Waals surface area contributed by atoms with Crippen LogP contribution >= 0.6 is 0 Å². The molecule has 2 aliphatic carbocycles. The third-order valence-electron chi connectivity index (χ3n) is 7.60. The Balaban J connectivity index is 1.56. The number of benzene rings is 3. The number of hydrogen-bond donors (Lipinski definition) is 1. The second-order valence-corrected chi connectivity index (χ2v) is 12.3. The lowest BCUT2D eigenvalue weighted by atomic mass is 9.68. The zero-order chi connectivity index (χ0) is 26.5. The fourth-order valence-corrected chi connectivity index (χ4v) is 6.55. The first-order chi connectivity index (χ1) is 18.3. The quantitative estimate of drug-likeness (QED) is 0.340. The highest BCUT2D eigenvalue weighted by Gasteiger charge is 2.40. The Hall–Kier alpha value is -3.84. The minimum Gasteiger partial charge on any atom is -0.378 e. The van der Waals surface area contributed by atoms with Gasteiger partial charge in [-0.15, -0.1) is 5.10 Å². The zero-order valence-electron chi connectivity index (χ0n) is 21.9. The molecule has 1 atom stereocenters. The van der Waals surface area contributed by atoms with Crippen LogP contribution in [0.5, 0.6) is 0 Å². The van der Waals surface area contributed by atoms with Crippen LogP contribution in [-0.4, -0.2) is 37.7 Å². The highest BCUT2D eigenvalue weighted by atomic mass is 32.2. The molecule has 1 unspecified atom stereocenters. The maximum atomic E-state index is 14.0. The number of aromatic nitrogens is 2. The predicted octanol–water partition coefficient (Wildman–Crippen LogP) is 5.62. The Bertz CT molecular complexity index is 1620. The Morgan fingerprint density at radius 2 is 1.66 bits per heavy atom. The van der Waals surface area contributed by atoms with Crippen molar-refractivity contribution in [2.75, 3.05) is 24.3 Å². The molecule has 1 saturated carbocycles. The maximum Gasteiger partial charge on any atom is 0.283 e. The topological polar surface area (TPSA) is 67.2 Å². The standard InChI is InChI=1S/C31H32N4O2S/c1-22-12-16-27(17-13-22)38(36,37)35-29-21-31(23-8-5-4-6-9-23,24-10-7-11-26(20-24)34(2)3)19-18-28(29)30(33-35)32-25-14-15-25/h4-13,16-20,25H,14-15,21H2,1-3H3,(H,32,33). The zero-order valence-corrected chi connectivity index (χ0v) is 22.7. The van der Waals surface area contributed by atoms with Crippen LogP contribution in [0.2, 0.25) is 0 Å². The van der Waals surface area contributed by atoms with Gasteiger partial charge in [0.15, 0.2) is 5.82 Å². The van der Waals surface area contributed by atoms with Gasteiger partial charge in [-0.1, -0.05) is 72.3 Å². The maximum absolute atomic E-state index is 14.0. The number of anilines is 2. The van der Waals surface area contributed by atoms with Gasteiger partial charge in [0.1, 0.15) is 0 Å². The molecule has 3 aromatic carbocycles. The van der Waals surface area contributed by atoms with Crippen LogP contribution in [0.1, 0.15) is 40.8 Å². The number of fused-ring (bicyclic) bond motifs is 1. The van der Waals surface area contributed by atoms with Gasteiger partial charge in [-0.25, -0.2) is 0 Å². The van der Waals surface area contributed by atoms with Crippen LogP contribution in [0.3, 0.4) is 0 Å². The molecule has 1 N–H and O–H groups in total. The summed E-state index contributed by atoms with van der Waals surface area (Å²) in [6, 6.07) is 26.1. The van der Waals surface area contributed by atoms with Gasteiger partial charge in [-0.05, 0) is 55.2 Å². The smallest absolute Gasteiger partial charge is 0.283 e. The summed E-state index contributed by atoms with van der Waals surface area (Å²) in [6.07, 6.45) is 6.89. The van der Waals surface area contributed by atoms with Gasteiger partial charge >= 0.3 is 0 Å². The number of aryl methyl sites for hydroxylation is 1. The van der Waals surface area contributed by atoms with Gasteiger partial charge in [0.2, 0.25) is 0 Å². The van der Waals surface area contributed by atoms with Crippen molar-refractivity contribution >= 4 is 27.6 Å². The minimum absolute atomic E-state index is 0.237. The number of rotatable bonds is 7. The third kappa shape index (κ3) is 4.21. The Morgan fingerprint density at radius 3 is 2.34 bits per heavy atom. The van der Waals surface area contributed by atoms with E-state index in [4.69, 9.17) is 5.10 Å². The molecule has 0 bridgehead atoms. The van der Waals surface area contributed by atoms with E-state index in [-0.39, 0.29) is 4.90 Å². The van der Waals surface area contributed by atoms with Gasteiger partial charge in [0.25, 0.3) is 10.0 Å². The fourth-order valence-electron chi connectivity index (χ4n) is 5.23. The van der Waals surface area contributed by atoms with Crippen LogP contribution in [0, 0.1) is 6.92 Å². The van der Waals surface area contributed by atoms with Crippen molar-refractivity contribution in [2.45, 2.75) is 42.5 Å². The molecule has 194 valence electrons. The van der Waals surface area contributed by atoms with E-state index in [0.29, 0.717) is 24.0 Å². The number of nitrogens with zero attached hydrogens (tertiary/aromatic N) is 3. The highest BCUT2D eigenvalue weighted by molar-refractivity contribution is 7.89. The summed E-state index contributed by atoms with van der Waals surface area (Å²) in [6.45, 7) is 1.95. The van der Waals surface area contributed by atoms with E-state index in [1.807, 2.05) is 51.4 Å². The molecule has 7 heteroatoms. The largest absolute Gasteiger partial charge is 0.378 e. The van der Waals surface area contributed by atoms with E-state index in [9.17, 15) is 8.42 Å². The van der Waals surface area contributed by atoms with E-state index >= 15 is 0 Å². The molecule has 1 aromatic heterocycles. The van der Waals surface area contributed by atoms with E-state index in [0.717, 1.165) is 40.8 Å². The first kappa shape index (κ1) is 24.5. The molecular weight excluding hydrogens is 492 g/mol. The van der Waals surface area contributed by atoms with Crippen LogP contribution in [0.15, 0.2) is 89.8 Å². The van der Waals surface area contributed by atoms with E-state index < -0.39 is 15.4 Å². The molecule has 6 rings (SSSR count). The van der Waals surface area contributed by atoms with Crippen molar-refractivity contribution in [3.8, 4) is 0 Å². The average molecular weight is 525 g/mol. The third-order valence-corrected chi connectivity index (χ3v) is 9.23. The van der Waals surface area contributed by atoms with Crippen molar-refractivity contribution in [3.63, 3.8) is 0 Å². The van der Waals surface area contributed by atoms with Crippen LogP contribution in [0.25, 0.3) is 6.08 Å². The molecule has 0 aliphatic heterocycles.